The largest absolute Gasteiger partial charge is 0.461 e. The Morgan fingerprint density at radius 2 is 1.84 bits per heavy atom. The Kier molecular flexibility index (Phi) is 4.41. The highest BCUT2D eigenvalue weighted by Gasteiger charge is 2.58. The molecule has 1 heterocycles. The second kappa shape index (κ2) is 6.15. The summed E-state index contributed by atoms with van der Waals surface area (Å²) in [6, 6.07) is 0. The number of rotatable bonds is 2. The maximum Gasteiger partial charge on any atom is 0.309 e. The van der Waals surface area contributed by atoms with E-state index in [0.717, 1.165) is 24.0 Å². The third-order valence-electron chi connectivity index (χ3n) is 6.21. The summed E-state index contributed by atoms with van der Waals surface area (Å²) in [6.45, 7) is 8.66. The number of carbonyl (C=O) groups excluding carboxylic acids is 3. The number of ether oxygens (including phenoxy) is 3. The molecule has 3 rings (SSSR count). The van der Waals surface area contributed by atoms with Crippen molar-refractivity contribution in [3.05, 3.63) is 11.1 Å². The van der Waals surface area contributed by atoms with Crippen molar-refractivity contribution in [2.45, 2.75) is 72.2 Å². The van der Waals surface area contributed by atoms with Gasteiger partial charge in [-0.3, -0.25) is 14.4 Å². The topological polar surface area (TPSA) is 78.9 Å². The molecule has 0 radical (unpaired) electrons. The molecular weight excluding hydrogens is 324 g/mol. The van der Waals surface area contributed by atoms with Crippen LogP contribution in [0.4, 0.5) is 0 Å². The molecule has 0 aromatic carbocycles. The zero-order valence-electron chi connectivity index (χ0n) is 15.5. The zero-order chi connectivity index (χ0) is 18.5. The van der Waals surface area contributed by atoms with Crippen molar-refractivity contribution >= 4 is 17.9 Å². The van der Waals surface area contributed by atoms with Gasteiger partial charge in [-0.1, -0.05) is 13.8 Å². The molecule has 138 valence electrons. The zero-order valence-corrected chi connectivity index (χ0v) is 15.5. The van der Waals surface area contributed by atoms with E-state index >= 15 is 0 Å². The standard InChI is InChI=1S/C19H26O6/c1-9-13-6-7-19(5)15(24-12(4)21)8-14(23-11(3)20)10(2)16(19)17(13)25-18(9)22/h9,13-15,17H,6-8H2,1-5H3/t9-,13+,14+,15+,17+,19+/m1/s1. The predicted octanol–water partition coefficient (Wildman–Crippen LogP) is 2.55. The molecule has 0 unspecified atom stereocenters. The molecule has 6 nitrogen and oxygen atoms in total. The number of hydrogen-bond acceptors (Lipinski definition) is 6. The van der Waals surface area contributed by atoms with Gasteiger partial charge in [-0.15, -0.1) is 0 Å². The lowest BCUT2D eigenvalue weighted by Gasteiger charge is -2.51. The summed E-state index contributed by atoms with van der Waals surface area (Å²) < 4.78 is 16.8. The van der Waals surface area contributed by atoms with Gasteiger partial charge in [0.25, 0.3) is 0 Å². The molecule has 0 aromatic rings. The molecule has 1 saturated carbocycles. The van der Waals surface area contributed by atoms with Crippen molar-refractivity contribution in [1.82, 2.24) is 0 Å². The molecule has 6 atom stereocenters. The van der Waals surface area contributed by atoms with Crippen LogP contribution in [0, 0.1) is 17.3 Å². The molecule has 6 heteroatoms. The molecular formula is C19H26O6. The lowest BCUT2D eigenvalue weighted by Crippen LogP contribution is -2.52. The van der Waals surface area contributed by atoms with Gasteiger partial charge < -0.3 is 14.2 Å². The van der Waals surface area contributed by atoms with Gasteiger partial charge in [0.2, 0.25) is 0 Å². The van der Waals surface area contributed by atoms with E-state index in [1.54, 1.807) is 0 Å². The lowest BCUT2D eigenvalue weighted by atomic mass is 9.57. The third-order valence-corrected chi connectivity index (χ3v) is 6.21. The first-order chi connectivity index (χ1) is 11.6. The monoisotopic (exact) mass is 350 g/mol. The maximum atomic E-state index is 12.1. The summed E-state index contributed by atoms with van der Waals surface area (Å²) in [5, 5.41) is 0. The average Bonchev–Trinajstić information content (AvgIpc) is 2.78. The summed E-state index contributed by atoms with van der Waals surface area (Å²) in [7, 11) is 0. The summed E-state index contributed by atoms with van der Waals surface area (Å²) in [6.07, 6.45) is 0.916. The minimum atomic E-state index is -0.460. The average molecular weight is 350 g/mol. The first kappa shape index (κ1) is 18.0. The summed E-state index contributed by atoms with van der Waals surface area (Å²) in [4.78, 5) is 35.3. The molecule has 3 aliphatic rings. The van der Waals surface area contributed by atoms with Crippen LogP contribution < -0.4 is 0 Å². The first-order valence-corrected chi connectivity index (χ1v) is 8.91. The van der Waals surface area contributed by atoms with Crippen molar-refractivity contribution in [2.75, 3.05) is 0 Å². The number of carbonyl (C=O) groups is 3. The number of esters is 3. The Morgan fingerprint density at radius 3 is 2.44 bits per heavy atom. The van der Waals surface area contributed by atoms with Gasteiger partial charge in [0.05, 0.1) is 5.92 Å². The molecule has 0 spiro atoms. The molecule has 1 aliphatic heterocycles. The highest BCUT2D eigenvalue weighted by molar-refractivity contribution is 5.76. The fourth-order valence-electron chi connectivity index (χ4n) is 4.89. The van der Waals surface area contributed by atoms with Gasteiger partial charge in [0, 0.05) is 31.6 Å². The highest BCUT2D eigenvalue weighted by Crippen LogP contribution is 2.56. The van der Waals surface area contributed by atoms with Gasteiger partial charge >= 0.3 is 17.9 Å². The van der Waals surface area contributed by atoms with Crippen LogP contribution >= 0.6 is 0 Å². The quantitative estimate of drug-likeness (QED) is 0.433. The molecule has 0 N–H and O–H groups in total. The number of fused-ring (bicyclic) bond motifs is 3. The normalized spacial score (nSPS) is 40.0. The van der Waals surface area contributed by atoms with Crippen molar-refractivity contribution in [1.29, 1.82) is 0 Å². The fourth-order valence-corrected chi connectivity index (χ4v) is 4.89. The smallest absolute Gasteiger partial charge is 0.309 e. The van der Waals surface area contributed by atoms with Gasteiger partial charge in [0.1, 0.15) is 18.3 Å². The van der Waals surface area contributed by atoms with E-state index in [-0.39, 0.29) is 35.8 Å². The molecule has 2 aliphatic carbocycles. The minimum Gasteiger partial charge on any atom is -0.461 e. The summed E-state index contributed by atoms with van der Waals surface area (Å²) >= 11 is 0. The van der Waals surface area contributed by atoms with Crippen molar-refractivity contribution < 1.29 is 28.6 Å². The Morgan fingerprint density at radius 1 is 1.20 bits per heavy atom. The Hall–Kier alpha value is -1.85. The van der Waals surface area contributed by atoms with Gasteiger partial charge in [-0.05, 0) is 30.9 Å². The van der Waals surface area contributed by atoms with Crippen LogP contribution in [0.3, 0.4) is 0 Å². The highest BCUT2D eigenvalue weighted by atomic mass is 16.6. The first-order valence-electron chi connectivity index (χ1n) is 8.91. The molecule has 0 bridgehead atoms. The Bertz CT molecular complexity index is 650. The minimum absolute atomic E-state index is 0.125. The second-order valence-electron chi connectivity index (χ2n) is 7.79. The van der Waals surface area contributed by atoms with Crippen LogP contribution in [0.5, 0.6) is 0 Å². The van der Waals surface area contributed by atoms with Crippen LogP contribution in [-0.2, 0) is 28.6 Å². The van der Waals surface area contributed by atoms with E-state index in [4.69, 9.17) is 14.2 Å². The van der Waals surface area contributed by atoms with Crippen LogP contribution in [-0.4, -0.2) is 36.2 Å². The van der Waals surface area contributed by atoms with Crippen molar-refractivity contribution in [3.63, 3.8) is 0 Å². The van der Waals surface area contributed by atoms with Crippen LogP contribution in [0.15, 0.2) is 11.1 Å². The van der Waals surface area contributed by atoms with E-state index in [9.17, 15) is 14.4 Å². The van der Waals surface area contributed by atoms with E-state index in [0.29, 0.717) is 6.42 Å². The summed E-state index contributed by atoms with van der Waals surface area (Å²) in [5.41, 5.74) is 1.50. The predicted molar refractivity (Wildman–Crippen MR) is 88.3 cm³/mol. The van der Waals surface area contributed by atoms with E-state index in [2.05, 4.69) is 6.92 Å². The molecule has 0 aromatic heterocycles. The molecule has 2 fully saturated rings. The van der Waals surface area contributed by atoms with E-state index < -0.39 is 17.6 Å². The van der Waals surface area contributed by atoms with Crippen LogP contribution in [0.25, 0.3) is 0 Å². The van der Waals surface area contributed by atoms with Gasteiger partial charge in [-0.2, -0.15) is 0 Å². The SMILES string of the molecule is CC(=O)O[C@H]1C[C@H](OC(C)=O)[C@]2(C)CC[C@@H]3[C@H](OC(=O)[C@@H]3C)C2=C1C. The Balaban J connectivity index is 2.06. The Labute approximate surface area is 147 Å². The van der Waals surface area contributed by atoms with Crippen molar-refractivity contribution in [2.24, 2.45) is 17.3 Å². The molecule has 1 saturated heterocycles. The third kappa shape index (κ3) is 2.85. The van der Waals surface area contributed by atoms with E-state index in [1.807, 2.05) is 13.8 Å². The van der Waals surface area contributed by atoms with Crippen molar-refractivity contribution in [3.8, 4) is 0 Å². The van der Waals surface area contributed by atoms with Gasteiger partial charge in [0.15, 0.2) is 0 Å². The van der Waals surface area contributed by atoms with E-state index in [1.165, 1.54) is 13.8 Å². The molecule has 0 amide bonds. The maximum absolute atomic E-state index is 12.1. The molecule has 25 heavy (non-hydrogen) atoms. The van der Waals surface area contributed by atoms with Crippen LogP contribution in [0.2, 0.25) is 0 Å². The lowest BCUT2D eigenvalue weighted by molar-refractivity contribution is -0.162. The summed E-state index contributed by atoms with van der Waals surface area (Å²) in [5.74, 6) is -0.932. The number of hydrogen-bond donors (Lipinski definition) is 0. The van der Waals surface area contributed by atoms with Crippen LogP contribution in [0.1, 0.15) is 53.9 Å². The second-order valence-corrected chi connectivity index (χ2v) is 7.79. The fraction of sp³-hybridized carbons (Fsp3) is 0.737. The van der Waals surface area contributed by atoms with Gasteiger partial charge in [-0.25, -0.2) is 0 Å².